The van der Waals surface area contributed by atoms with E-state index in [-0.39, 0.29) is 23.1 Å². The summed E-state index contributed by atoms with van der Waals surface area (Å²) in [4.78, 5) is 47.2. The molecular weight excluding hydrogens is 320 g/mol. The minimum atomic E-state index is -1.21. The maximum Gasteiger partial charge on any atom is 0.150 e. The van der Waals surface area contributed by atoms with Gasteiger partial charge in [-0.15, -0.1) is 0 Å². The zero-order valence-corrected chi connectivity index (χ0v) is 14.8. The molecule has 5 heteroatoms. The zero-order valence-electron chi connectivity index (χ0n) is 14.8. The number of hydrogen-bond acceptors (Lipinski definition) is 5. The van der Waals surface area contributed by atoms with Gasteiger partial charge in [-0.2, -0.15) is 0 Å². The molecular formula is C20H22O5. The summed E-state index contributed by atoms with van der Waals surface area (Å²) in [6, 6.07) is 0. The van der Waals surface area contributed by atoms with E-state index in [1.165, 1.54) is 27.7 Å². The van der Waals surface area contributed by atoms with Gasteiger partial charge in [0.05, 0.1) is 12.2 Å². The van der Waals surface area contributed by atoms with Gasteiger partial charge in [-0.25, -0.2) is 0 Å². The van der Waals surface area contributed by atoms with Crippen molar-refractivity contribution in [1.29, 1.82) is 0 Å². The van der Waals surface area contributed by atoms with E-state index in [1.54, 1.807) is 48.6 Å². The summed E-state index contributed by atoms with van der Waals surface area (Å²) < 4.78 is 5.85. The van der Waals surface area contributed by atoms with Gasteiger partial charge in [0.2, 0.25) is 0 Å². The van der Waals surface area contributed by atoms with E-state index < -0.39 is 23.0 Å². The molecule has 0 atom stereocenters. The summed E-state index contributed by atoms with van der Waals surface area (Å²) in [7, 11) is 0. The van der Waals surface area contributed by atoms with E-state index in [0.717, 1.165) is 0 Å². The van der Waals surface area contributed by atoms with Gasteiger partial charge >= 0.3 is 0 Å². The molecule has 25 heavy (non-hydrogen) atoms. The number of ether oxygens (including phenoxy) is 1. The van der Waals surface area contributed by atoms with Crippen LogP contribution in [0, 0.1) is 10.8 Å². The van der Waals surface area contributed by atoms with Crippen molar-refractivity contribution in [2.45, 2.75) is 39.9 Å². The number of carbonyl (C=O) groups excluding carboxylic acids is 4. The summed E-state index contributed by atoms with van der Waals surface area (Å²) in [6.45, 7) is 5.53. The summed E-state index contributed by atoms with van der Waals surface area (Å²) in [6.07, 6.45) is 12.1. The maximum absolute atomic E-state index is 11.8. The number of hydrogen-bond donors (Lipinski definition) is 0. The number of carbonyl (C=O) groups is 4. The van der Waals surface area contributed by atoms with E-state index in [2.05, 4.69) is 0 Å². The summed E-state index contributed by atoms with van der Waals surface area (Å²) in [5, 5.41) is 0. The molecule has 0 radical (unpaired) electrons. The lowest BCUT2D eigenvalue weighted by molar-refractivity contribution is -0.134. The molecule has 0 spiro atoms. The highest BCUT2D eigenvalue weighted by atomic mass is 16.5. The molecule has 0 aromatic carbocycles. The number of allylic oxidation sites excluding steroid dienone is 4. The largest absolute Gasteiger partial charge is 0.359 e. The maximum atomic E-state index is 11.8. The Labute approximate surface area is 147 Å². The highest BCUT2D eigenvalue weighted by molar-refractivity contribution is 6.10. The minimum absolute atomic E-state index is 0.240. The molecule has 0 saturated heterocycles. The second-order valence-electron chi connectivity index (χ2n) is 6.46. The predicted molar refractivity (Wildman–Crippen MR) is 92.8 cm³/mol. The molecule has 0 saturated carbocycles. The molecule has 0 heterocycles. The molecule has 0 aromatic rings. The highest BCUT2D eigenvalue weighted by Gasteiger charge is 2.39. The van der Waals surface area contributed by atoms with Crippen LogP contribution in [0.1, 0.15) is 27.7 Å². The van der Waals surface area contributed by atoms with Crippen LogP contribution < -0.4 is 0 Å². The first kappa shape index (κ1) is 18.9. The molecule has 0 fully saturated rings. The first-order chi connectivity index (χ1) is 11.6. The number of ketones is 4. The summed E-state index contributed by atoms with van der Waals surface area (Å²) in [5.74, 6) is -0.959. The van der Waals surface area contributed by atoms with Crippen molar-refractivity contribution in [3.8, 4) is 0 Å². The van der Waals surface area contributed by atoms with Gasteiger partial charge in [-0.3, -0.25) is 19.2 Å². The lowest BCUT2D eigenvalue weighted by atomic mass is 9.76. The first-order valence-corrected chi connectivity index (χ1v) is 8.11. The lowest BCUT2D eigenvalue weighted by Crippen LogP contribution is -2.36. The molecule has 2 aliphatic carbocycles. The molecule has 132 valence electrons. The summed E-state index contributed by atoms with van der Waals surface area (Å²) >= 11 is 0. The van der Waals surface area contributed by atoms with Crippen molar-refractivity contribution in [2.24, 2.45) is 10.8 Å². The fourth-order valence-electron chi connectivity index (χ4n) is 3.02. The van der Waals surface area contributed by atoms with Crippen LogP contribution in [0.2, 0.25) is 0 Å². The van der Waals surface area contributed by atoms with Gasteiger partial charge in [0.25, 0.3) is 0 Å². The van der Waals surface area contributed by atoms with Gasteiger partial charge in [-0.1, -0.05) is 48.6 Å². The van der Waals surface area contributed by atoms with Crippen LogP contribution in [0.5, 0.6) is 0 Å². The molecule has 2 rings (SSSR count). The van der Waals surface area contributed by atoms with Crippen molar-refractivity contribution in [2.75, 3.05) is 0 Å². The van der Waals surface area contributed by atoms with Gasteiger partial charge in [-0.05, 0) is 27.7 Å². The third kappa shape index (κ3) is 3.37. The van der Waals surface area contributed by atoms with Crippen molar-refractivity contribution in [1.82, 2.24) is 0 Å². The van der Waals surface area contributed by atoms with E-state index in [0.29, 0.717) is 0 Å². The summed E-state index contributed by atoms with van der Waals surface area (Å²) in [5.41, 5.74) is -2.42. The third-order valence-electron chi connectivity index (χ3n) is 4.84. The molecule has 0 unspecified atom stereocenters. The Kier molecular flexibility index (Phi) is 5.18. The van der Waals surface area contributed by atoms with Crippen LogP contribution in [0.3, 0.4) is 0 Å². The second kappa shape index (κ2) is 6.84. The van der Waals surface area contributed by atoms with Crippen molar-refractivity contribution in [3.63, 3.8) is 0 Å². The second-order valence-corrected chi connectivity index (χ2v) is 6.46. The number of Topliss-reactive ketones (excluding diaryl/α,β-unsaturated/α-hetero) is 4. The Morgan fingerprint density at radius 3 is 1.04 bits per heavy atom. The van der Waals surface area contributed by atoms with Gasteiger partial charge in [0, 0.05) is 0 Å². The van der Waals surface area contributed by atoms with E-state index >= 15 is 0 Å². The van der Waals surface area contributed by atoms with Crippen molar-refractivity contribution >= 4 is 23.1 Å². The quantitative estimate of drug-likeness (QED) is 0.547. The normalized spacial score (nSPS) is 21.3. The van der Waals surface area contributed by atoms with E-state index in [9.17, 15) is 19.2 Å². The Bertz CT molecular complexity index is 613. The zero-order chi connectivity index (χ0) is 18.8. The lowest BCUT2D eigenvalue weighted by Gasteiger charge is -2.29. The molecule has 2 aliphatic rings. The van der Waals surface area contributed by atoms with Crippen LogP contribution in [0.25, 0.3) is 0 Å². The molecule has 0 amide bonds. The van der Waals surface area contributed by atoms with Gasteiger partial charge in [0.1, 0.15) is 10.8 Å². The molecule has 5 nitrogen and oxygen atoms in total. The first-order valence-electron chi connectivity index (χ1n) is 8.11. The van der Waals surface area contributed by atoms with Crippen LogP contribution in [0.4, 0.5) is 0 Å². The molecule has 0 N–H and O–H groups in total. The number of rotatable bonds is 6. The smallest absolute Gasteiger partial charge is 0.150 e. The van der Waals surface area contributed by atoms with Crippen LogP contribution in [0.15, 0.2) is 48.6 Å². The average Bonchev–Trinajstić information content (AvgIpc) is 2.55. The van der Waals surface area contributed by atoms with Crippen LogP contribution in [-0.2, 0) is 23.9 Å². The van der Waals surface area contributed by atoms with Gasteiger partial charge in [0.15, 0.2) is 23.1 Å². The fraction of sp³-hybridized carbons (Fsp3) is 0.400. The highest BCUT2D eigenvalue weighted by Crippen LogP contribution is 2.31. The Morgan fingerprint density at radius 1 is 0.600 bits per heavy atom. The third-order valence-corrected chi connectivity index (χ3v) is 4.84. The predicted octanol–water partition coefficient (Wildman–Crippen LogP) is 2.32. The van der Waals surface area contributed by atoms with Gasteiger partial charge < -0.3 is 4.74 Å². The molecule has 0 bridgehead atoms. The molecule has 0 aromatic heterocycles. The van der Waals surface area contributed by atoms with E-state index in [4.69, 9.17) is 4.74 Å². The molecule has 0 aliphatic heterocycles. The minimum Gasteiger partial charge on any atom is -0.359 e. The fourth-order valence-corrected chi connectivity index (χ4v) is 3.02. The standard InChI is InChI=1S/C20H22O5/c1-13(21)19(14(2)22)9-5-17(6-10-19)25-18-7-11-20(12-8-18,15(3)23)16(4)24/h5-12,17-18H,1-4H3. The average molecular weight is 342 g/mol. The van der Waals surface area contributed by atoms with E-state index in [1.807, 2.05) is 0 Å². The monoisotopic (exact) mass is 342 g/mol. The topological polar surface area (TPSA) is 77.5 Å². The Hall–Kier alpha value is -2.40. The van der Waals surface area contributed by atoms with Crippen LogP contribution in [-0.4, -0.2) is 35.3 Å². The van der Waals surface area contributed by atoms with Crippen molar-refractivity contribution in [3.05, 3.63) is 48.6 Å². The SMILES string of the molecule is CC(=O)C1(C(C)=O)C=CC(OC2C=CC(C(C)=O)(C(C)=O)C=C2)C=C1. The van der Waals surface area contributed by atoms with Crippen LogP contribution >= 0.6 is 0 Å². The van der Waals surface area contributed by atoms with Crippen molar-refractivity contribution < 1.29 is 23.9 Å². The Balaban J connectivity index is 2.10. The Morgan fingerprint density at radius 2 is 0.840 bits per heavy atom.